The molecule has 0 aliphatic rings. The fourth-order valence-electron chi connectivity index (χ4n) is 1.01. The van der Waals surface area contributed by atoms with Crippen molar-refractivity contribution in [2.24, 2.45) is 0 Å². The second kappa shape index (κ2) is 5.73. The van der Waals surface area contributed by atoms with E-state index in [9.17, 15) is 4.79 Å². The van der Waals surface area contributed by atoms with E-state index in [-0.39, 0.29) is 11.9 Å². The Hall–Kier alpha value is -0.250. The fourth-order valence-corrected chi connectivity index (χ4v) is 1.69. The molecule has 0 saturated carbocycles. The number of benzene rings is 1. The van der Waals surface area contributed by atoms with E-state index in [0.29, 0.717) is 20.9 Å². The van der Waals surface area contributed by atoms with E-state index in [2.05, 4.69) is 21.2 Å². The molecule has 0 heterocycles. The number of carbonyl (C=O) groups is 1. The first-order chi connectivity index (χ1) is 7.04. The third-order valence-corrected chi connectivity index (χ3v) is 3.17. The van der Waals surface area contributed by atoms with E-state index in [1.54, 1.807) is 18.2 Å². The Balaban J connectivity index is 2.86. The Morgan fingerprint density at radius 1 is 1.60 bits per heavy atom. The lowest BCUT2D eigenvalue weighted by molar-refractivity contribution is 0.0943. The Kier molecular flexibility index (Phi) is 4.90. The topological polar surface area (TPSA) is 29.1 Å². The van der Waals surface area contributed by atoms with Gasteiger partial charge in [0.05, 0.1) is 5.56 Å². The number of rotatable bonds is 3. The van der Waals surface area contributed by atoms with Crippen LogP contribution in [0.1, 0.15) is 17.3 Å². The highest BCUT2D eigenvalue weighted by atomic mass is 79.9. The van der Waals surface area contributed by atoms with Gasteiger partial charge in [-0.1, -0.05) is 11.6 Å². The largest absolute Gasteiger partial charge is 0.348 e. The molecule has 1 aromatic carbocycles. The average Bonchev–Trinajstić information content (AvgIpc) is 2.21. The molecule has 2 nitrogen and oxygen atoms in total. The van der Waals surface area contributed by atoms with Crippen molar-refractivity contribution in [1.29, 1.82) is 0 Å². The monoisotopic (exact) mass is 309 g/mol. The molecular weight excluding hydrogens is 301 g/mol. The summed E-state index contributed by atoms with van der Waals surface area (Å²) in [6.45, 7) is 1.84. The lowest BCUT2D eigenvalue weighted by atomic mass is 10.2. The van der Waals surface area contributed by atoms with Gasteiger partial charge in [-0.25, -0.2) is 0 Å². The fraction of sp³-hybridized carbons (Fsp3) is 0.300. The van der Waals surface area contributed by atoms with Crippen LogP contribution in [-0.2, 0) is 0 Å². The summed E-state index contributed by atoms with van der Waals surface area (Å²) in [7, 11) is 0. The standard InChI is InChI=1S/C10H10BrCl2NO/c1-6(5-12)14-10(15)8-4-7(13)2-3-9(8)11/h2-4,6H,5H2,1H3,(H,14,15). The van der Waals surface area contributed by atoms with Crippen LogP contribution in [-0.4, -0.2) is 17.8 Å². The molecular formula is C10H10BrCl2NO. The molecule has 82 valence electrons. The van der Waals surface area contributed by atoms with Crippen molar-refractivity contribution in [2.75, 3.05) is 5.88 Å². The van der Waals surface area contributed by atoms with Gasteiger partial charge in [0.25, 0.3) is 5.91 Å². The number of amides is 1. The highest BCUT2D eigenvalue weighted by molar-refractivity contribution is 9.10. The van der Waals surface area contributed by atoms with Crippen molar-refractivity contribution < 1.29 is 4.79 Å². The first kappa shape index (κ1) is 12.8. The summed E-state index contributed by atoms with van der Waals surface area (Å²) in [5, 5.41) is 3.28. The van der Waals surface area contributed by atoms with Crippen molar-refractivity contribution in [3.63, 3.8) is 0 Å². The third kappa shape index (κ3) is 3.67. The van der Waals surface area contributed by atoms with Crippen molar-refractivity contribution in [3.05, 3.63) is 33.3 Å². The van der Waals surface area contributed by atoms with E-state index >= 15 is 0 Å². The molecule has 1 rings (SSSR count). The number of hydrogen-bond acceptors (Lipinski definition) is 1. The molecule has 0 saturated heterocycles. The number of halogens is 3. The van der Waals surface area contributed by atoms with E-state index in [1.807, 2.05) is 6.92 Å². The Morgan fingerprint density at radius 2 is 2.27 bits per heavy atom. The first-order valence-electron chi connectivity index (χ1n) is 4.36. The number of nitrogens with one attached hydrogen (secondary N) is 1. The molecule has 0 aromatic heterocycles. The molecule has 0 spiro atoms. The molecule has 1 amide bonds. The SMILES string of the molecule is CC(CCl)NC(=O)c1cc(Cl)ccc1Br. The zero-order valence-electron chi connectivity index (χ0n) is 8.06. The van der Waals surface area contributed by atoms with E-state index in [0.717, 1.165) is 0 Å². The van der Waals surface area contributed by atoms with Gasteiger partial charge >= 0.3 is 0 Å². The maximum absolute atomic E-state index is 11.7. The lowest BCUT2D eigenvalue weighted by Crippen LogP contribution is -2.33. The zero-order valence-corrected chi connectivity index (χ0v) is 11.2. The Bertz CT molecular complexity index is 370. The predicted molar refractivity (Wildman–Crippen MR) is 66.8 cm³/mol. The predicted octanol–water partition coefficient (Wildman–Crippen LogP) is 3.46. The Labute approximate surface area is 107 Å². The molecule has 1 unspecified atom stereocenters. The molecule has 0 aliphatic heterocycles. The summed E-state index contributed by atoms with van der Waals surface area (Å²) in [5.41, 5.74) is 0.513. The average molecular weight is 311 g/mol. The normalized spacial score (nSPS) is 12.3. The van der Waals surface area contributed by atoms with Crippen LogP contribution < -0.4 is 5.32 Å². The van der Waals surface area contributed by atoms with Crippen molar-refractivity contribution in [3.8, 4) is 0 Å². The number of alkyl halides is 1. The van der Waals surface area contributed by atoms with Crippen LogP contribution in [0.3, 0.4) is 0 Å². The minimum atomic E-state index is -0.183. The van der Waals surface area contributed by atoms with Gasteiger partial charge in [-0.05, 0) is 41.1 Å². The molecule has 0 bridgehead atoms. The number of carbonyl (C=O) groups excluding carboxylic acids is 1. The van der Waals surface area contributed by atoms with Gasteiger partial charge in [0.2, 0.25) is 0 Å². The van der Waals surface area contributed by atoms with E-state index in [1.165, 1.54) is 0 Å². The number of hydrogen-bond donors (Lipinski definition) is 1. The summed E-state index contributed by atoms with van der Waals surface area (Å²) >= 11 is 14.7. The molecule has 1 atom stereocenters. The minimum Gasteiger partial charge on any atom is -0.348 e. The van der Waals surface area contributed by atoms with Crippen LogP contribution >= 0.6 is 39.1 Å². The van der Waals surface area contributed by atoms with Crippen molar-refractivity contribution in [2.45, 2.75) is 13.0 Å². The van der Waals surface area contributed by atoms with Gasteiger partial charge in [0, 0.05) is 21.4 Å². The lowest BCUT2D eigenvalue weighted by Gasteiger charge is -2.11. The molecule has 0 fully saturated rings. The van der Waals surface area contributed by atoms with Crippen LogP contribution in [0.25, 0.3) is 0 Å². The first-order valence-corrected chi connectivity index (χ1v) is 6.07. The second-order valence-corrected chi connectivity index (χ2v) is 4.75. The van der Waals surface area contributed by atoms with Gasteiger partial charge in [-0.3, -0.25) is 4.79 Å². The third-order valence-electron chi connectivity index (χ3n) is 1.78. The minimum absolute atomic E-state index is 0.0648. The van der Waals surface area contributed by atoms with Crippen molar-refractivity contribution in [1.82, 2.24) is 5.32 Å². The van der Waals surface area contributed by atoms with Crippen LogP contribution in [0.2, 0.25) is 5.02 Å². The van der Waals surface area contributed by atoms with E-state index in [4.69, 9.17) is 23.2 Å². The van der Waals surface area contributed by atoms with Crippen LogP contribution in [0.4, 0.5) is 0 Å². The van der Waals surface area contributed by atoms with Gasteiger partial charge in [-0.15, -0.1) is 11.6 Å². The quantitative estimate of drug-likeness (QED) is 0.851. The van der Waals surface area contributed by atoms with Crippen molar-refractivity contribution >= 4 is 45.0 Å². The summed E-state index contributed by atoms with van der Waals surface area (Å²) < 4.78 is 0.714. The van der Waals surface area contributed by atoms with Gasteiger partial charge in [0.1, 0.15) is 0 Å². The zero-order chi connectivity index (χ0) is 11.4. The molecule has 0 aliphatic carbocycles. The smallest absolute Gasteiger partial charge is 0.252 e. The molecule has 1 N–H and O–H groups in total. The summed E-state index contributed by atoms with van der Waals surface area (Å²) in [4.78, 5) is 11.7. The molecule has 5 heteroatoms. The van der Waals surface area contributed by atoms with Crippen LogP contribution in [0.5, 0.6) is 0 Å². The maximum Gasteiger partial charge on any atom is 0.252 e. The highest BCUT2D eigenvalue weighted by Gasteiger charge is 2.12. The summed E-state index contributed by atoms with van der Waals surface area (Å²) in [6, 6.07) is 5.00. The van der Waals surface area contributed by atoms with Crippen LogP contribution in [0, 0.1) is 0 Å². The summed E-state index contributed by atoms with van der Waals surface area (Å²) in [6.07, 6.45) is 0. The van der Waals surface area contributed by atoms with E-state index < -0.39 is 0 Å². The molecule has 15 heavy (non-hydrogen) atoms. The van der Waals surface area contributed by atoms with Gasteiger partial charge in [0.15, 0.2) is 0 Å². The highest BCUT2D eigenvalue weighted by Crippen LogP contribution is 2.21. The second-order valence-electron chi connectivity index (χ2n) is 3.15. The van der Waals surface area contributed by atoms with Crippen LogP contribution in [0.15, 0.2) is 22.7 Å². The maximum atomic E-state index is 11.7. The molecule has 1 aromatic rings. The summed E-state index contributed by atoms with van der Waals surface area (Å²) in [5.74, 6) is 0.196. The van der Waals surface area contributed by atoms with Gasteiger partial charge < -0.3 is 5.32 Å². The van der Waals surface area contributed by atoms with Gasteiger partial charge in [-0.2, -0.15) is 0 Å². The Morgan fingerprint density at radius 3 is 2.87 bits per heavy atom. The molecule has 0 radical (unpaired) electrons.